The van der Waals surface area contributed by atoms with Crippen molar-refractivity contribution in [2.75, 3.05) is 23.3 Å². The minimum Gasteiger partial charge on any atom is -0.497 e. The topological polar surface area (TPSA) is 101 Å². The lowest BCUT2D eigenvalue weighted by atomic mass is 10.2. The largest absolute Gasteiger partial charge is 0.497 e. The van der Waals surface area contributed by atoms with Crippen molar-refractivity contribution in [2.45, 2.75) is 4.90 Å². The van der Waals surface area contributed by atoms with Crippen LogP contribution in [-0.2, 0) is 14.8 Å². The molecule has 3 aromatic carbocycles. The van der Waals surface area contributed by atoms with Crippen molar-refractivity contribution in [1.29, 1.82) is 0 Å². The first-order valence-corrected chi connectivity index (χ1v) is 12.6. The normalized spacial score (nSPS) is 11.1. The maximum absolute atomic E-state index is 13.4. The second kappa shape index (κ2) is 10.2. The van der Waals surface area contributed by atoms with Crippen LogP contribution < -0.4 is 14.4 Å². The number of aromatic nitrogens is 2. The Morgan fingerprint density at radius 1 is 1.03 bits per heavy atom. The summed E-state index contributed by atoms with van der Waals surface area (Å²) in [6.07, 6.45) is 0. The minimum absolute atomic E-state index is 0.0616. The lowest BCUT2D eigenvalue weighted by molar-refractivity contribution is -0.114. The third kappa shape index (κ3) is 5.36. The van der Waals surface area contributed by atoms with Gasteiger partial charge in [-0.05, 0) is 36.4 Å². The summed E-state index contributed by atoms with van der Waals surface area (Å²) in [5, 5.41) is 12.2. The van der Waals surface area contributed by atoms with E-state index in [0.29, 0.717) is 15.8 Å². The summed E-state index contributed by atoms with van der Waals surface area (Å²) < 4.78 is 33.1. The first-order chi connectivity index (χ1) is 16.4. The average molecular weight is 515 g/mol. The summed E-state index contributed by atoms with van der Waals surface area (Å²) >= 11 is 7.09. The second-order valence-electron chi connectivity index (χ2n) is 6.99. The quantitative estimate of drug-likeness (QED) is 0.365. The van der Waals surface area contributed by atoms with Crippen LogP contribution in [0.2, 0.25) is 5.02 Å². The molecule has 0 radical (unpaired) electrons. The highest BCUT2D eigenvalue weighted by atomic mass is 35.5. The third-order valence-corrected chi connectivity index (χ3v) is 7.65. The van der Waals surface area contributed by atoms with Gasteiger partial charge in [-0.3, -0.25) is 14.4 Å². The molecule has 0 aliphatic heterocycles. The number of nitrogens with one attached hydrogen (secondary N) is 1. The van der Waals surface area contributed by atoms with Crippen LogP contribution in [0.1, 0.15) is 0 Å². The van der Waals surface area contributed by atoms with Crippen LogP contribution in [0.4, 0.5) is 10.8 Å². The monoisotopic (exact) mass is 514 g/mol. The van der Waals surface area contributed by atoms with Gasteiger partial charge in [0.2, 0.25) is 11.0 Å². The zero-order valence-corrected chi connectivity index (χ0v) is 20.3. The molecule has 0 bridgehead atoms. The number of carbonyl (C=O) groups excluding carboxylic acids is 1. The van der Waals surface area contributed by atoms with E-state index in [1.807, 2.05) is 0 Å². The number of nitrogens with zero attached hydrogens (tertiary/aromatic N) is 3. The molecule has 0 saturated heterocycles. The van der Waals surface area contributed by atoms with Gasteiger partial charge in [0.05, 0.1) is 17.7 Å². The molecule has 0 spiro atoms. The third-order valence-electron chi connectivity index (χ3n) is 4.72. The Hall–Kier alpha value is -3.47. The molecular weight excluding hydrogens is 496 g/mol. The van der Waals surface area contributed by atoms with Crippen molar-refractivity contribution in [3.8, 4) is 16.3 Å². The van der Waals surface area contributed by atoms with Gasteiger partial charge in [0.15, 0.2) is 0 Å². The highest BCUT2D eigenvalue weighted by Gasteiger charge is 2.28. The predicted molar refractivity (Wildman–Crippen MR) is 133 cm³/mol. The summed E-state index contributed by atoms with van der Waals surface area (Å²) in [5.74, 6) is -0.107. The van der Waals surface area contributed by atoms with Gasteiger partial charge in [-0.2, -0.15) is 0 Å². The molecule has 1 aromatic heterocycles. The van der Waals surface area contributed by atoms with Crippen LogP contribution in [0.3, 0.4) is 0 Å². The SMILES string of the molecule is COc1cccc(N(CC(=O)Nc2nnc(-c3ccc(Cl)cc3)s2)S(=O)(=O)c2ccccc2)c1. The average Bonchev–Trinajstić information content (AvgIpc) is 3.31. The van der Waals surface area contributed by atoms with Gasteiger partial charge in [-0.1, -0.05) is 59.3 Å². The van der Waals surface area contributed by atoms with Crippen LogP contribution in [0, 0.1) is 0 Å². The van der Waals surface area contributed by atoms with Crippen LogP contribution in [-0.4, -0.2) is 38.2 Å². The fourth-order valence-electron chi connectivity index (χ4n) is 3.07. The van der Waals surface area contributed by atoms with Crippen molar-refractivity contribution in [3.63, 3.8) is 0 Å². The van der Waals surface area contributed by atoms with E-state index in [-0.39, 0.29) is 15.7 Å². The van der Waals surface area contributed by atoms with E-state index in [9.17, 15) is 13.2 Å². The molecule has 0 fully saturated rings. The fraction of sp³-hybridized carbons (Fsp3) is 0.0870. The maximum Gasteiger partial charge on any atom is 0.264 e. The Labute approximate surface area is 205 Å². The molecule has 11 heteroatoms. The number of hydrogen-bond acceptors (Lipinski definition) is 7. The maximum atomic E-state index is 13.4. The van der Waals surface area contributed by atoms with Crippen molar-refractivity contribution < 1.29 is 17.9 Å². The summed E-state index contributed by atoms with van der Waals surface area (Å²) in [6, 6.07) is 21.5. The number of rotatable bonds is 8. The molecule has 1 heterocycles. The number of amides is 1. The molecule has 174 valence electrons. The summed E-state index contributed by atoms with van der Waals surface area (Å²) in [7, 11) is -2.55. The number of sulfonamides is 1. The second-order valence-corrected chi connectivity index (χ2v) is 10.3. The van der Waals surface area contributed by atoms with Crippen molar-refractivity contribution in [1.82, 2.24) is 10.2 Å². The highest BCUT2D eigenvalue weighted by molar-refractivity contribution is 7.92. The van der Waals surface area contributed by atoms with E-state index >= 15 is 0 Å². The molecule has 0 saturated carbocycles. The number of hydrogen-bond donors (Lipinski definition) is 1. The Morgan fingerprint density at radius 3 is 2.47 bits per heavy atom. The van der Waals surface area contributed by atoms with Gasteiger partial charge in [-0.25, -0.2) is 8.42 Å². The lowest BCUT2D eigenvalue weighted by Crippen LogP contribution is -2.38. The standard InChI is InChI=1S/C23H19ClN4O4S2/c1-32-19-7-5-6-18(14-19)28(34(30,31)20-8-3-2-4-9-20)15-21(29)25-23-27-26-22(33-23)16-10-12-17(24)13-11-16/h2-14H,15H2,1H3,(H,25,27,29). The number of anilines is 2. The Morgan fingerprint density at radius 2 is 1.76 bits per heavy atom. The van der Waals surface area contributed by atoms with E-state index in [4.69, 9.17) is 16.3 Å². The lowest BCUT2D eigenvalue weighted by Gasteiger charge is -2.24. The number of halogens is 1. The molecule has 34 heavy (non-hydrogen) atoms. The molecule has 8 nitrogen and oxygen atoms in total. The zero-order chi connectivity index (χ0) is 24.1. The van der Waals surface area contributed by atoms with Gasteiger partial charge >= 0.3 is 0 Å². The molecule has 1 amide bonds. The number of carbonyl (C=O) groups is 1. The van der Waals surface area contributed by atoms with Crippen LogP contribution in [0.15, 0.2) is 83.8 Å². The fourth-order valence-corrected chi connectivity index (χ4v) is 5.40. The zero-order valence-electron chi connectivity index (χ0n) is 17.9. The van der Waals surface area contributed by atoms with Gasteiger partial charge in [0.25, 0.3) is 10.0 Å². The first kappa shape index (κ1) is 23.7. The van der Waals surface area contributed by atoms with Crippen molar-refractivity contribution in [2.24, 2.45) is 0 Å². The molecule has 0 aliphatic carbocycles. The van der Waals surface area contributed by atoms with Crippen molar-refractivity contribution >= 4 is 49.7 Å². The first-order valence-electron chi connectivity index (χ1n) is 9.98. The molecule has 0 unspecified atom stereocenters. The van der Waals surface area contributed by atoms with Crippen molar-refractivity contribution in [3.05, 3.63) is 83.9 Å². The number of benzene rings is 3. The predicted octanol–water partition coefficient (Wildman–Crippen LogP) is 4.70. The van der Waals surface area contributed by atoms with Crippen LogP contribution in [0.5, 0.6) is 5.75 Å². The van der Waals surface area contributed by atoms with E-state index in [2.05, 4.69) is 15.5 Å². The van der Waals surface area contributed by atoms with E-state index in [1.165, 1.54) is 30.6 Å². The Balaban J connectivity index is 1.59. The van der Waals surface area contributed by atoms with Gasteiger partial charge < -0.3 is 4.74 Å². The highest BCUT2D eigenvalue weighted by Crippen LogP contribution is 2.29. The van der Waals surface area contributed by atoms with Gasteiger partial charge in [0, 0.05) is 16.7 Å². The summed E-state index contributed by atoms with van der Waals surface area (Å²) in [4.78, 5) is 13.0. The molecule has 4 rings (SSSR count). The van der Waals surface area contributed by atoms with Gasteiger partial charge in [0.1, 0.15) is 17.3 Å². The van der Waals surface area contributed by atoms with Crippen LogP contribution in [0.25, 0.3) is 10.6 Å². The Kier molecular flexibility index (Phi) is 7.11. The minimum atomic E-state index is -4.04. The molecule has 0 aliphatic rings. The Bertz CT molecular complexity index is 1390. The molecular formula is C23H19ClN4O4S2. The molecule has 4 aromatic rings. The molecule has 1 N–H and O–H groups in total. The van der Waals surface area contributed by atoms with E-state index < -0.39 is 22.5 Å². The van der Waals surface area contributed by atoms with E-state index in [0.717, 1.165) is 9.87 Å². The summed E-state index contributed by atoms with van der Waals surface area (Å²) in [5.41, 5.74) is 1.09. The smallest absolute Gasteiger partial charge is 0.264 e. The molecule has 0 atom stereocenters. The van der Waals surface area contributed by atoms with Crippen LogP contribution >= 0.6 is 22.9 Å². The number of methoxy groups -OCH3 is 1. The number of ether oxygens (including phenoxy) is 1. The van der Waals surface area contributed by atoms with Gasteiger partial charge in [-0.15, -0.1) is 10.2 Å². The summed E-state index contributed by atoms with van der Waals surface area (Å²) in [6.45, 7) is -0.472. The van der Waals surface area contributed by atoms with E-state index in [1.54, 1.807) is 66.7 Å².